The van der Waals surface area contributed by atoms with Crippen molar-refractivity contribution in [3.63, 3.8) is 0 Å². The van der Waals surface area contributed by atoms with Gasteiger partial charge in [0.15, 0.2) is 11.6 Å². The molecule has 0 saturated carbocycles. The highest BCUT2D eigenvalue weighted by atomic mass is 19.2. The van der Waals surface area contributed by atoms with Crippen LogP contribution < -0.4 is 5.11 Å². The average Bonchev–Trinajstić information content (AvgIpc) is 2.00. The molecular weight excluding hydrogens is 166 g/mol. The highest BCUT2D eigenvalue weighted by Gasteiger charge is 2.10. The molecule has 0 aliphatic heterocycles. The molecule has 0 N–H and O–H groups in total. The van der Waals surface area contributed by atoms with Gasteiger partial charge in [0.2, 0.25) is 0 Å². The normalized spacial score (nSPS) is 9.92. The Morgan fingerprint density at radius 3 is 2.42 bits per heavy atom. The minimum Gasteiger partial charge on any atom is -0.545 e. The van der Waals surface area contributed by atoms with Gasteiger partial charge in [0, 0.05) is 5.56 Å². The molecular formula is C8H5F2O2-. The fourth-order valence-corrected chi connectivity index (χ4v) is 0.804. The Morgan fingerprint density at radius 1 is 1.33 bits per heavy atom. The van der Waals surface area contributed by atoms with Crippen LogP contribution in [0.25, 0.3) is 0 Å². The molecule has 0 atom stereocenters. The second-order valence-corrected chi connectivity index (χ2v) is 2.35. The van der Waals surface area contributed by atoms with Crippen molar-refractivity contribution in [1.29, 1.82) is 0 Å². The Labute approximate surface area is 67.4 Å². The van der Waals surface area contributed by atoms with Crippen molar-refractivity contribution in [3.8, 4) is 0 Å². The topological polar surface area (TPSA) is 40.1 Å². The highest BCUT2D eigenvalue weighted by Crippen LogP contribution is 2.14. The lowest BCUT2D eigenvalue weighted by atomic mass is 10.1. The van der Waals surface area contributed by atoms with Gasteiger partial charge in [-0.15, -0.1) is 0 Å². The van der Waals surface area contributed by atoms with E-state index in [1.54, 1.807) is 0 Å². The summed E-state index contributed by atoms with van der Waals surface area (Å²) < 4.78 is 25.4. The van der Waals surface area contributed by atoms with Crippen molar-refractivity contribution < 1.29 is 18.7 Å². The van der Waals surface area contributed by atoms with Crippen LogP contribution in [-0.2, 0) is 0 Å². The zero-order chi connectivity index (χ0) is 9.30. The molecule has 0 unspecified atom stereocenters. The summed E-state index contributed by atoms with van der Waals surface area (Å²) in [4.78, 5) is 10.2. The largest absolute Gasteiger partial charge is 0.545 e. The van der Waals surface area contributed by atoms with E-state index in [1.807, 2.05) is 0 Å². The van der Waals surface area contributed by atoms with E-state index in [4.69, 9.17) is 0 Å². The lowest BCUT2D eigenvalue weighted by molar-refractivity contribution is -0.255. The molecule has 2 nitrogen and oxygen atoms in total. The summed E-state index contributed by atoms with van der Waals surface area (Å²) in [5.74, 6) is -4.22. The molecule has 0 spiro atoms. The summed E-state index contributed by atoms with van der Waals surface area (Å²) in [6.45, 7) is 1.34. The zero-order valence-corrected chi connectivity index (χ0v) is 6.23. The molecule has 0 saturated heterocycles. The van der Waals surface area contributed by atoms with Gasteiger partial charge in [0.05, 0.1) is 5.97 Å². The first-order valence-electron chi connectivity index (χ1n) is 3.20. The van der Waals surface area contributed by atoms with Crippen LogP contribution in [0.3, 0.4) is 0 Å². The molecule has 4 heteroatoms. The van der Waals surface area contributed by atoms with E-state index in [0.29, 0.717) is 0 Å². The first-order chi connectivity index (χ1) is 5.54. The van der Waals surface area contributed by atoms with Crippen LogP contribution in [0.4, 0.5) is 8.78 Å². The number of carboxylic acids is 1. The quantitative estimate of drug-likeness (QED) is 0.622. The highest BCUT2D eigenvalue weighted by molar-refractivity contribution is 5.86. The second kappa shape index (κ2) is 2.89. The van der Waals surface area contributed by atoms with Crippen molar-refractivity contribution in [2.24, 2.45) is 0 Å². The number of hydrogen-bond donors (Lipinski definition) is 0. The van der Waals surface area contributed by atoms with Gasteiger partial charge in [-0.3, -0.25) is 0 Å². The fraction of sp³-hybridized carbons (Fsp3) is 0.125. The van der Waals surface area contributed by atoms with Crippen molar-refractivity contribution >= 4 is 5.97 Å². The van der Waals surface area contributed by atoms with Gasteiger partial charge in [0.25, 0.3) is 0 Å². The second-order valence-electron chi connectivity index (χ2n) is 2.35. The van der Waals surface area contributed by atoms with Gasteiger partial charge in [0.1, 0.15) is 0 Å². The predicted octanol–water partition coefficient (Wildman–Crippen LogP) is 0.637. The minimum absolute atomic E-state index is 0.0671. The molecule has 12 heavy (non-hydrogen) atoms. The number of hydrogen-bond acceptors (Lipinski definition) is 2. The van der Waals surface area contributed by atoms with Crippen molar-refractivity contribution in [3.05, 3.63) is 34.9 Å². The predicted molar refractivity (Wildman–Crippen MR) is 35.4 cm³/mol. The van der Waals surface area contributed by atoms with E-state index in [2.05, 4.69) is 0 Å². The maximum atomic E-state index is 12.7. The molecule has 0 fully saturated rings. The smallest absolute Gasteiger partial charge is 0.168 e. The van der Waals surface area contributed by atoms with Crippen molar-refractivity contribution in [1.82, 2.24) is 0 Å². The molecule has 0 bridgehead atoms. The minimum atomic E-state index is -1.72. The average molecular weight is 171 g/mol. The summed E-state index contributed by atoms with van der Waals surface area (Å²) in [5, 5.41) is 10.2. The maximum absolute atomic E-state index is 12.7. The molecule has 64 valence electrons. The van der Waals surface area contributed by atoms with E-state index in [-0.39, 0.29) is 5.56 Å². The molecule has 0 aliphatic rings. The summed E-state index contributed by atoms with van der Waals surface area (Å²) in [6, 6.07) is 2.16. The standard InChI is InChI=1S/C8H6F2O2/c1-4-2-3-5(8(11)12)7(10)6(4)9/h2-3H,1H3,(H,11,12)/p-1. The summed E-state index contributed by atoms with van der Waals surface area (Å²) in [7, 11) is 0. The monoisotopic (exact) mass is 171 g/mol. The fourth-order valence-electron chi connectivity index (χ4n) is 0.804. The molecule has 0 aliphatic carbocycles. The van der Waals surface area contributed by atoms with Crippen LogP contribution in [0.1, 0.15) is 15.9 Å². The number of halogens is 2. The maximum Gasteiger partial charge on any atom is 0.168 e. The van der Waals surface area contributed by atoms with E-state index in [9.17, 15) is 18.7 Å². The van der Waals surface area contributed by atoms with E-state index in [0.717, 1.165) is 6.07 Å². The Morgan fingerprint density at radius 2 is 1.92 bits per heavy atom. The third-order valence-electron chi connectivity index (χ3n) is 1.50. The van der Waals surface area contributed by atoms with Crippen LogP contribution in [0.5, 0.6) is 0 Å². The van der Waals surface area contributed by atoms with E-state index in [1.165, 1.54) is 13.0 Å². The van der Waals surface area contributed by atoms with Crippen LogP contribution >= 0.6 is 0 Å². The van der Waals surface area contributed by atoms with Gasteiger partial charge in [-0.1, -0.05) is 6.07 Å². The van der Waals surface area contributed by atoms with Crippen LogP contribution in [0.15, 0.2) is 12.1 Å². The molecule has 0 heterocycles. The Bertz CT molecular complexity index is 334. The van der Waals surface area contributed by atoms with E-state index < -0.39 is 23.2 Å². The Balaban J connectivity index is 3.36. The Kier molecular flexibility index (Phi) is 2.08. The molecule has 0 aromatic heterocycles. The van der Waals surface area contributed by atoms with Crippen LogP contribution in [-0.4, -0.2) is 5.97 Å². The van der Waals surface area contributed by atoms with Crippen molar-refractivity contribution in [2.45, 2.75) is 6.92 Å². The number of carboxylic acid groups (broad SMARTS) is 1. The molecule has 1 rings (SSSR count). The Hall–Kier alpha value is -1.45. The third-order valence-corrected chi connectivity index (χ3v) is 1.50. The zero-order valence-electron chi connectivity index (χ0n) is 6.23. The van der Waals surface area contributed by atoms with Crippen LogP contribution in [0, 0.1) is 18.6 Å². The first-order valence-corrected chi connectivity index (χ1v) is 3.20. The number of rotatable bonds is 1. The molecule has 1 aromatic carbocycles. The third kappa shape index (κ3) is 1.28. The summed E-state index contributed by atoms with van der Waals surface area (Å²) >= 11 is 0. The number of aryl methyl sites for hydroxylation is 1. The van der Waals surface area contributed by atoms with Crippen molar-refractivity contribution in [2.75, 3.05) is 0 Å². The summed E-state index contributed by atoms with van der Waals surface area (Å²) in [6.07, 6.45) is 0. The SMILES string of the molecule is Cc1ccc(C(=O)[O-])c(F)c1F. The lowest BCUT2D eigenvalue weighted by Crippen LogP contribution is -2.24. The number of benzene rings is 1. The number of carbonyl (C=O) groups is 1. The van der Waals surface area contributed by atoms with Gasteiger partial charge < -0.3 is 9.90 Å². The van der Waals surface area contributed by atoms with E-state index >= 15 is 0 Å². The van der Waals surface area contributed by atoms with Gasteiger partial charge in [-0.05, 0) is 18.6 Å². The lowest BCUT2D eigenvalue weighted by Gasteiger charge is -2.05. The van der Waals surface area contributed by atoms with Gasteiger partial charge >= 0.3 is 0 Å². The number of carbonyl (C=O) groups excluding carboxylic acids is 1. The molecule has 0 amide bonds. The number of aromatic carboxylic acids is 1. The molecule has 1 aromatic rings. The molecule has 0 radical (unpaired) electrons. The summed E-state index contributed by atoms with van der Waals surface area (Å²) in [5.41, 5.74) is -0.685. The first kappa shape index (κ1) is 8.64. The van der Waals surface area contributed by atoms with Gasteiger partial charge in [-0.25, -0.2) is 8.78 Å². The van der Waals surface area contributed by atoms with Gasteiger partial charge in [-0.2, -0.15) is 0 Å². The van der Waals surface area contributed by atoms with Crippen LogP contribution in [0.2, 0.25) is 0 Å².